The van der Waals surface area contributed by atoms with E-state index in [1.165, 1.54) is 6.07 Å². The van der Waals surface area contributed by atoms with Gasteiger partial charge in [0.05, 0.1) is 4.90 Å². The Labute approximate surface area is 126 Å². The fraction of sp³-hybridized carbons (Fsp3) is 0.571. The number of hydrogen-bond acceptors (Lipinski definition) is 3. The van der Waals surface area contributed by atoms with E-state index in [0.717, 1.165) is 0 Å². The van der Waals surface area contributed by atoms with Crippen LogP contribution in [-0.4, -0.2) is 15.0 Å². The number of benzene rings is 1. The van der Waals surface area contributed by atoms with Crippen LogP contribution in [0, 0.1) is 18.3 Å². The van der Waals surface area contributed by atoms with Crippen LogP contribution in [-0.2, 0) is 10.0 Å². The van der Waals surface area contributed by atoms with E-state index in [2.05, 4.69) is 25.5 Å². The summed E-state index contributed by atoms with van der Waals surface area (Å²) < 4.78 is 27.4. The zero-order chi connectivity index (χ0) is 15.7. The molecule has 4 nitrogen and oxygen atoms in total. The summed E-state index contributed by atoms with van der Waals surface area (Å²) in [5.41, 5.74) is 6.69. The molecule has 0 aliphatic rings. The van der Waals surface area contributed by atoms with E-state index >= 15 is 0 Å². The van der Waals surface area contributed by atoms with Gasteiger partial charge in [0, 0.05) is 17.3 Å². The summed E-state index contributed by atoms with van der Waals surface area (Å²) in [6.45, 7) is 10.3. The van der Waals surface area contributed by atoms with Crippen LogP contribution in [0.25, 0.3) is 0 Å². The van der Waals surface area contributed by atoms with Crippen LogP contribution in [0.1, 0.15) is 33.3 Å². The lowest BCUT2D eigenvalue weighted by molar-refractivity contribution is 0.263. The minimum atomic E-state index is -3.61. The van der Waals surface area contributed by atoms with E-state index in [4.69, 9.17) is 17.3 Å². The monoisotopic (exact) mass is 318 g/mol. The highest BCUT2D eigenvalue weighted by Crippen LogP contribution is 2.27. The summed E-state index contributed by atoms with van der Waals surface area (Å²) in [7, 11) is -3.61. The number of sulfonamides is 1. The molecule has 0 radical (unpaired) electrons. The van der Waals surface area contributed by atoms with Gasteiger partial charge in [-0.2, -0.15) is 0 Å². The molecule has 1 atom stereocenters. The van der Waals surface area contributed by atoms with Crippen molar-refractivity contribution >= 4 is 27.3 Å². The molecular weight excluding hydrogens is 296 g/mol. The van der Waals surface area contributed by atoms with Crippen molar-refractivity contribution in [1.82, 2.24) is 4.72 Å². The first-order chi connectivity index (χ1) is 8.95. The normalized spacial score (nSPS) is 14.3. The van der Waals surface area contributed by atoms with Gasteiger partial charge in [0.15, 0.2) is 0 Å². The summed E-state index contributed by atoms with van der Waals surface area (Å²) in [6, 6.07) is 2.98. The molecule has 0 saturated heterocycles. The van der Waals surface area contributed by atoms with E-state index in [0.29, 0.717) is 22.8 Å². The first kappa shape index (κ1) is 17.3. The second-order valence-corrected chi connectivity index (χ2v) is 8.41. The molecule has 0 heterocycles. The number of nitrogens with two attached hydrogens (primary N) is 1. The van der Waals surface area contributed by atoms with Crippen molar-refractivity contribution in [2.24, 2.45) is 11.3 Å². The Morgan fingerprint density at radius 3 is 2.40 bits per heavy atom. The molecule has 1 aromatic carbocycles. The molecule has 0 bridgehead atoms. The molecule has 1 rings (SSSR count). The van der Waals surface area contributed by atoms with Gasteiger partial charge >= 0.3 is 0 Å². The summed E-state index contributed by atoms with van der Waals surface area (Å²) in [4.78, 5) is 0.142. The van der Waals surface area contributed by atoms with Crippen molar-refractivity contribution in [3.05, 3.63) is 22.7 Å². The number of halogens is 1. The molecule has 0 amide bonds. The summed E-state index contributed by atoms with van der Waals surface area (Å²) in [5.74, 6) is 0.203. The zero-order valence-corrected chi connectivity index (χ0v) is 14.2. The van der Waals surface area contributed by atoms with Crippen molar-refractivity contribution < 1.29 is 8.42 Å². The fourth-order valence-corrected chi connectivity index (χ4v) is 3.29. The Morgan fingerprint density at radius 1 is 1.35 bits per heavy atom. The van der Waals surface area contributed by atoms with Crippen LogP contribution in [0.3, 0.4) is 0 Å². The van der Waals surface area contributed by atoms with Gasteiger partial charge in [0.1, 0.15) is 0 Å². The molecule has 0 spiro atoms. The van der Waals surface area contributed by atoms with Gasteiger partial charge in [-0.1, -0.05) is 39.3 Å². The average Bonchev–Trinajstić information content (AvgIpc) is 2.29. The van der Waals surface area contributed by atoms with Gasteiger partial charge in [0.25, 0.3) is 0 Å². The van der Waals surface area contributed by atoms with Crippen molar-refractivity contribution in [3.63, 3.8) is 0 Å². The quantitative estimate of drug-likeness (QED) is 0.837. The molecule has 0 aliphatic carbocycles. The van der Waals surface area contributed by atoms with E-state index in [-0.39, 0.29) is 16.2 Å². The largest absolute Gasteiger partial charge is 0.398 e. The Bertz CT molecular complexity index is 592. The second-order valence-electron chi connectivity index (χ2n) is 6.24. The van der Waals surface area contributed by atoms with Crippen LogP contribution < -0.4 is 10.5 Å². The smallest absolute Gasteiger partial charge is 0.240 e. The highest BCUT2D eigenvalue weighted by atomic mass is 35.5. The molecule has 20 heavy (non-hydrogen) atoms. The Morgan fingerprint density at radius 2 is 1.90 bits per heavy atom. The van der Waals surface area contributed by atoms with E-state index in [9.17, 15) is 8.42 Å². The fourth-order valence-electron chi connectivity index (χ4n) is 1.57. The van der Waals surface area contributed by atoms with Gasteiger partial charge in [-0.3, -0.25) is 0 Å². The molecule has 0 saturated carbocycles. The summed E-state index contributed by atoms with van der Waals surface area (Å²) in [5, 5.41) is 0.317. The highest BCUT2D eigenvalue weighted by molar-refractivity contribution is 7.89. The summed E-state index contributed by atoms with van der Waals surface area (Å²) in [6.07, 6.45) is 0. The topological polar surface area (TPSA) is 72.2 Å². The standard InChI is InChI=1S/C14H23ClN2O2S/c1-9(14(3,4)5)8-17-20(18,19)13-7-11(15)6-12(16)10(13)2/h6-7,9,17H,8,16H2,1-5H3. The van der Waals surface area contributed by atoms with Gasteiger partial charge in [-0.25, -0.2) is 13.1 Å². The lowest BCUT2D eigenvalue weighted by Gasteiger charge is -2.27. The number of hydrogen-bond donors (Lipinski definition) is 2. The van der Waals surface area contributed by atoms with Crippen LogP contribution in [0.4, 0.5) is 5.69 Å². The minimum absolute atomic E-state index is 0.0327. The SMILES string of the molecule is Cc1c(N)cc(Cl)cc1S(=O)(=O)NCC(C)C(C)(C)C. The van der Waals surface area contributed by atoms with E-state index in [1.807, 2.05) is 6.92 Å². The highest BCUT2D eigenvalue weighted by Gasteiger charge is 2.24. The van der Waals surface area contributed by atoms with Crippen molar-refractivity contribution in [2.75, 3.05) is 12.3 Å². The number of anilines is 1. The van der Waals surface area contributed by atoms with Gasteiger partial charge in [-0.15, -0.1) is 0 Å². The molecule has 0 aromatic heterocycles. The van der Waals surface area contributed by atoms with Crippen LogP contribution >= 0.6 is 11.6 Å². The lowest BCUT2D eigenvalue weighted by atomic mass is 9.82. The lowest BCUT2D eigenvalue weighted by Crippen LogP contribution is -2.34. The van der Waals surface area contributed by atoms with Crippen molar-refractivity contribution in [2.45, 2.75) is 39.5 Å². The maximum atomic E-state index is 12.4. The maximum absolute atomic E-state index is 12.4. The van der Waals surface area contributed by atoms with Crippen LogP contribution in [0.15, 0.2) is 17.0 Å². The number of nitrogen functional groups attached to an aromatic ring is 1. The van der Waals surface area contributed by atoms with Gasteiger partial charge < -0.3 is 5.73 Å². The van der Waals surface area contributed by atoms with Crippen LogP contribution in [0.5, 0.6) is 0 Å². The molecule has 114 valence electrons. The molecule has 1 aromatic rings. The third-order valence-corrected chi connectivity index (χ3v) is 5.48. The summed E-state index contributed by atoms with van der Waals surface area (Å²) >= 11 is 5.89. The van der Waals surface area contributed by atoms with Crippen molar-refractivity contribution in [3.8, 4) is 0 Å². The Balaban J connectivity index is 3.02. The van der Waals surface area contributed by atoms with Gasteiger partial charge in [-0.05, 0) is 36.0 Å². The number of rotatable bonds is 4. The van der Waals surface area contributed by atoms with Gasteiger partial charge in [0.2, 0.25) is 10.0 Å². The first-order valence-corrected chi connectivity index (χ1v) is 8.36. The predicted molar refractivity (Wildman–Crippen MR) is 84.4 cm³/mol. The van der Waals surface area contributed by atoms with E-state index < -0.39 is 10.0 Å². The third kappa shape index (κ3) is 4.11. The Hall–Kier alpha value is -0.780. The third-order valence-electron chi connectivity index (χ3n) is 3.71. The van der Waals surface area contributed by atoms with E-state index in [1.54, 1.807) is 13.0 Å². The molecule has 0 aliphatic heterocycles. The zero-order valence-electron chi connectivity index (χ0n) is 12.6. The molecule has 3 N–H and O–H groups in total. The number of nitrogens with one attached hydrogen (secondary N) is 1. The minimum Gasteiger partial charge on any atom is -0.398 e. The van der Waals surface area contributed by atoms with Crippen molar-refractivity contribution in [1.29, 1.82) is 0 Å². The average molecular weight is 319 g/mol. The molecule has 6 heteroatoms. The molecule has 1 unspecified atom stereocenters. The maximum Gasteiger partial charge on any atom is 0.240 e. The molecule has 0 fully saturated rings. The second kappa shape index (κ2) is 5.92. The first-order valence-electron chi connectivity index (χ1n) is 6.50. The Kier molecular flexibility index (Phi) is 5.11. The molecular formula is C14H23ClN2O2S. The van der Waals surface area contributed by atoms with Crippen LogP contribution in [0.2, 0.25) is 5.02 Å². The predicted octanol–water partition coefficient (Wildman–Crippen LogP) is 3.19.